The average Bonchev–Trinajstić information content (AvgIpc) is 2.51. The van der Waals surface area contributed by atoms with Crippen molar-refractivity contribution in [2.24, 2.45) is 5.73 Å². The maximum absolute atomic E-state index is 13.6. The lowest BCUT2D eigenvalue weighted by molar-refractivity contribution is -0.139. The summed E-state index contributed by atoms with van der Waals surface area (Å²) >= 11 is 3.11. The van der Waals surface area contributed by atoms with Gasteiger partial charge in [-0.3, -0.25) is 4.79 Å². The largest absolute Gasteiger partial charge is 0.399 e. The second-order valence-corrected chi connectivity index (χ2v) is 6.45. The summed E-state index contributed by atoms with van der Waals surface area (Å²) in [6, 6.07) is 5.53. The lowest BCUT2D eigenvalue weighted by Gasteiger charge is -2.18. The number of primary amides is 1. The summed E-state index contributed by atoms with van der Waals surface area (Å²) in [5.74, 6) is -4.97. The van der Waals surface area contributed by atoms with Crippen LogP contribution in [0, 0.1) is 18.6 Å². The van der Waals surface area contributed by atoms with Crippen LogP contribution in [0.1, 0.15) is 33.0 Å². The van der Waals surface area contributed by atoms with Crippen molar-refractivity contribution in [3.63, 3.8) is 0 Å². The number of rotatable bonds is 4. The molecule has 0 aliphatic heterocycles. The van der Waals surface area contributed by atoms with Crippen molar-refractivity contribution in [1.82, 2.24) is 0 Å². The summed E-state index contributed by atoms with van der Waals surface area (Å²) in [6.07, 6.45) is -2.78. The lowest BCUT2D eigenvalue weighted by Crippen LogP contribution is -2.19. The summed E-state index contributed by atoms with van der Waals surface area (Å²) in [7, 11) is 0. The van der Waals surface area contributed by atoms with Crippen LogP contribution in [0.15, 0.2) is 40.9 Å². The molecule has 2 nitrogen and oxygen atoms in total. The van der Waals surface area contributed by atoms with Crippen LogP contribution in [-0.4, -0.2) is 12.1 Å². The number of alkyl halides is 3. The van der Waals surface area contributed by atoms with E-state index < -0.39 is 35.2 Å². The van der Waals surface area contributed by atoms with Gasteiger partial charge in [-0.05, 0) is 58.2 Å². The Labute approximate surface area is 154 Å². The highest BCUT2D eigenvalue weighted by molar-refractivity contribution is 9.10. The van der Waals surface area contributed by atoms with Gasteiger partial charge in [0.25, 0.3) is 0 Å². The number of carbonyl (C=O) groups excluding carboxylic acids is 1. The van der Waals surface area contributed by atoms with E-state index in [1.165, 1.54) is 18.2 Å². The van der Waals surface area contributed by atoms with E-state index in [4.69, 9.17) is 5.73 Å². The summed E-state index contributed by atoms with van der Waals surface area (Å²) in [5, 5.41) is 0. The highest BCUT2D eigenvalue weighted by Crippen LogP contribution is 2.37. The fraction of sp³-hybridized carbons (Fsp3) is 0.167. The summed E-state index contributed by atoms with van der Waals surface area (Å²) in [6.45, 7) is 1.14. The molecular weight excluding hydrogens is 421 g/mol. The Bertz CT molecular complexity index is 853. The van der Waals surface area contributed by atoms with Gasteiger partial charge in [0.05, 0.1) is 11.5 Å². The number of amides is 1. The van der Waals surface area contributed by atoms with Crippen LogP contribution in [0.25, 0.3) is 6.08 Å². The maximum atomic E-state index is 13.6. The van der Waals surface area contributed by atoms with Gasteiger partial charge in [-0.25, -0.2) is 8.78 Å². The molecule has 1 atom stereocenters. The van der Waals surface area contributed by atoms with Crippen molar-refractivity contribution in [3.05, 3.63) is 74.8 Å². The Morgan fingerprint density at radius 3 is 2.19 bits per heavy atom. The Morgan fingerprint density at radius 2 is 1.73 bits per heavy atom. The van der Waals surface area contributed by atoms with E-state index in [1.807, 2.05) is 0 Å². The zero-order valence-corrected chi connectivity index (χ0v) is 15.0. The standard InChI is InChI=1S/C18H13BrF5NO/c1-9-15(20)7-11(8-16(9)21)13(18(22,23)24)5-3-10-2-4-12(17(25)26)14(19)6-10/h2-8,13H,1H3,(H2,25,26)/b5-3+. The molecule has 0 aliphatic carbocycles. The molecule has 0 heterocycles. The van der Waals surface area contributed by atoms with Crippen LogP contribution in [0.2, 0.25) is 0 Å². The topological polar surface area (TPSA) is 43.1 Å². The number of nitrogens with two attached hydrogens (primary N) is 1. The quantitative estimate of drug-likeness (QED) is 0.636. The molecule has 1 amide bonds. The monoisotopic (exact) mass is 433 g/mol. The van der Waals surface area contributed by atoms with E-state index in [0.717, 1.165) is 19.1 Å². The van der Waals surface area contributed by atoms with Crippen LogP contribution in [0.5, 0.6) is 0 Å². The number of carbonyl (C=O) groups is 1. The fourth-order valence-corrected chi connectivity index (χ4v) is 2.89. The molecular formula is C18H13BrF5NO. The molecule has 0 radical (unpaired) electrons. The van der Waals surface area contributed by atoms with E-state index >= 15 is 0 Å². The molecule has 0 saturated carbocycles. The molecule has 0 saturated heterocycles. The smallest absolute Gasteiger partial charge is 0.366 e. The Balaban J connectivity index is 2.42. The lowest BCUT2D eigenvalue weighted by atomic mass is 9.95. The van der Waals surface area contributed by atoms with Crippen LogP contribution < -0.4 is 5.73 Å². The van der Waals surface area contributed by atoms with Gasteiger partial charge < -0.3 is 5.73 Å². The Kier molecular flexibility index (Phi) is 5.85. The summed E-state index contributed by atoms with van der Waals surface area (Å²) in [5.41, 5.74) is 4.80. The van der Waals surface area contributed by atoms with Crippen molar-refractivity contribution >= 4 is 27.9 Å². The molecule has 0 spiro atoms. The first kappa shape index (κ1) is 20.1. The number of allylic oxidation sites excluding steroid dienone is 1. The Hall–Kier alpha value is -2.22. The number of hydrogen-bond donors (Lipinski definition) is 1. The predicted octanol–water partition coefficient (Wildman–Crippen LogP) is 5.49. The predicted molar refractivity (Wildman–Crippen MR) is 91.6 cm³/mol. The molecule has 0 aromatic heterocycles. The van der Waals surface area contributed by atoms with E-state index in [0.29, 0.717) is 22.2 Å². The first-order valence-corrected chi connectivity index (χ1v) is 8.10. The molecule has 0 aliphatic rings. The first-order chi connectivity index (χ1) is 12.0. The van der Waals surface area contributed by atoms with Gasteiger partial charge in [0.15, 0.2) is 0 Å². The molecule has 1 unspecified atom stereocenters. The fourth-order valence-electron chi connectivity index (χ4n) is 2.30. The second kappa shape index (κ2) is 7.57. The van der Waals surface area contributed by atoms with Crippen LogP contribution in [0.3, 0.4) is 0 Å². The minimum absolute atomic E-state index is 0.178. The minimum atomic E-state index is -4.74. The summed E-state index contributed by atoms with van der Waals surface area (Å²) in [4.78, 5) is 11.2. The summed E-state index contributed by atoms with van der Waals surface area (Å²) < 4.78 is 67.7. The van der Waals surface area contributed by atoms with Gasteiger partial charge in [-0.15, -0.1) is 0 Å². The van der Waals surface area contributed by atoms with Crippen molar-refractivity contribution in [1.29, 1.82) is 0 Å². The van der Waals surface area contributed by atoms with Crippen molar-refractivity contribution in [2.75, 3.05) is 0 Å². The van der Waals surface area contributed by atoms with Crippen LogP contribution in [-0.2, 0) is 0 Å². The van der Waals surface area contributed by atoms with Gasteiger partial charge in [-0.1, -0.05) is 18.2 Å². The third-order valence-electron chi connectivity index (χ3n) is 3.75. The first-order valence-electron chi connectivity index (χ1n) is 7.30. The molecule has 138 valence electrons. The third-order valence-corrected chi connectivity index (χ3v) is 4.41. The zero-order chi connectivity index (χ0) is 19.6. The average molecular weight is 434 g/mol. The van der Waals surface area contributed by atoms with E-state index in [2.05, 4.69) is 15.9 Å². The second-order valence-electron chi connectivity index (χ2n) is 5.59. The minimum Gasteiger partial charge on any atom is -0.366 e. The molecule has 0 fully saturated rings. The molecule has 2 aromatic rings. The molecule has 0 bridgehead atoms. The van der Waals surface area contributed by atoms with Crippen LogP contribution in [0.4, 0.5) is 22.0 Å². The molecule has 26 heavy (non-hydrogen) atoms. The molecule has 2 N–H and O–H groups in total. The number of halogens is 6. The normalized spacial score (nSPS) is 13.2. The Morgan fingerprint density at radius 1 is 1.15 bits per heavy atom. The van der Waals surface area contributed by atoms with Gasteiger partial charge in [0, 0.05) is 10.0 Å². The maximum Gasteiger partial charge on any atom is 0.399 e. The van der Waals surface area contributed by atoms with E-state index in [9.17, 15) is 26.7 Å². The number of benzene rings is 2. The van der Waals surface area contributed by atoms with E-state index in [-0.39, 0.29) is 11.1 Å². The van der Waals surface area contributed by atoms with E-state index in [1.54, 1.807) is 0 Å². The van der Waals surface area contributed by atoms with Crippen molar-refractivity contribution in [3.8, 4) is 0 Å². The molecule has 2 rings (SSSR count). The zero-order valence-electron chi connectivity index (χ0n) is 13.4. The van der Waals surface area contributed by atoms with Gasteiger partial charge >= 0.3 is 6.18 Å². The number of hydrogen-bond acceptors (Lipinski definition) is 1. The highest BCUT2D eigenvalue weighted by atomic mass is 79.9. The molecule has 8 heteroatoms. The highest BCUT2D eigenvalue weighted by Gasteiger charge is 2.39. The van der Waals surface area contributed by atoms with Crippen LogP contribution >= 0.6 is 15.9 Å². The van der Waals surface area contributed by atoms with Gasteiger partial charge in [0.1, 0.15) is 11.6 Å². The SMILES string of the molecule is Cc1c(F)cc(C(/C=C/c2ccc(C(N)=O)c(Br)c2)C(F)(F)F)cc1F. The van der Waals surface area contributed by atoms with Gasteiger partial charge in [-0.2, -0.15) is 13.2 Å². The van der Waals surface area contributed by atoms with Crippen molar-refractivity contribution < 1.29 is 26.7 Å². The van der Waals surface area contributed by atoms with Crippen molar-refractivity contribution in [2.45, 2.75) is 19.0 Å². The van der Waals surface area contributed by atoms with Gasteiger partial charge in [0.2, 0.25) is 5.91 Å². The third kappa shape index (κ3) is 4.49. The molecule has 2 aromatic carbocycles.